The summed E-state index contributed by atoms with van der Waals surface area (Å²) in [5, 5.41) is 0. The Labute approximate surface area is 97.0 Å². The van der Waals surface area contributed by atoms with Crippen LogP contribution in [0.1, 0.15) is 29.6 Å². The first kappa shape index (κ1) is 11.6. The molecule has 0 atom stereocenters. The molecule has 1 rings (SSSR count). The third kappa shape index (κ3) is 3.02. The highest BCUT2D eigenvalue weighted by Gasteiger charge is 2.13. The maximum absolute atomic E-state index is 11.5. The van der Waals surface area contributed by atoms with Gasteiger partial charge in [-0.2, -0.15) is 0 Å². The van der Waals surface area contributed by atoms with Crippen LogP contribution < -0.4 is 0 Å². The van der Waals surface area contributed by atoms with Crippen LogP contribution in [0.4, 0.5) is 0 Å². The van der Waals surface area contributed by atoms with Crippen LogP contribution in [0, 0.1) is 12.3 Å². The van der Waals surface area contributed by atoms with Gasteiger partial charge in [0.15, 0.2) is 5.78 Å². The van der Waals surface area contributed by atoms with Gasteiger partial charge >= 0.3 is 0 Å². The van der Waals surface area contributed by atoms with Gasteiger partial charge in [0.25, 0.3) is 0 Å². The van der Waals surface area contributed by atoms with Crippen molar-refractivity contribution in [2.45, 2.75) is 19.3 Å². The van der Waals surface area contributed by atoms with E-state index in [1.54, 1.807) is 6.07 Å². The number of Topliss-reactive ketones (excluding diaryl/α,β-unsaturated/α-hetero) is 1. The molecule has 0 saturated heterocycles. The lowest BCUT2D eigenvalue weighted by Crippen LogP contribution is -1.96. The Bertz CT molecular complexity index is 376. The fourth-order valence-electron chi connectivity index (χ4n) is 1.02. The topological polar surface area (TPSA) is 17.1 Å². The van der Waals surface area contributed by atoms with E-state index in [1.807, 2.05) is 0 Å². The Balaban J connectivity index is 2.61. The summed E-state index contributed by atoms with van der Waals surface area (Å²) in [7, 11) is 0. The molecule has 0 fully saturated rings. The predicted molar refractivity (Wildman–Crippen MR) is 61.4 cm³/mol. The third-order valence-corrected chi connectivity index (χ3v) is 3.17. The average molecular weight is 247 g/mol. The van der Waals surface area contributed by atoms with Crippen molar-refractivity contribution in [2.24, 2.45) is 0 Å². The van der Waals surface area contributed by atoms with Crippen LogP contribution >= 0.6 is 34.5 Å². The lowest BCUT2D eigenvalue weighted by molar-refractivity contribution is 0.0981. The molecule has 1 heterocycles. The Morgan fingerprint density at radius 2 is 2.29 bits per heavy atom. The minimum Gasteiger partial charge on any atom is -0.294 e. The van der Waals surface area contributed by atoms with Gasteiger partial charge in [0.1, 0.15) is 4.34 Å². The van der Waals surface area contributed by atoms with Crippen LogP contribution in [0.5, 0.6) is 0 Å². The van der Waals surface area contributed by atoms with Gasteiger partial charge in [-0.15, -0.1) is 23.7 Å². The zero-order chi connectivity index (χ0) is 10.6. The lowest BCUT2D eigenvalue weighted by Gasteiger charge is -1.95. The second kappa shape index (κ2) is 5.41. The summed E-state index contributed by atoms with van der Waals surface area (Å²) in [6.45, 7) is 0. The van der Waals surface area contributed by atoms with Crippen molar-refractivity contribution in [1.82, 2.24) is 0 Å². The van der Waals surface area contributed by atoms with E-state index in [1.165, 1.54) is 11.3 Å². The van der Waals surface area contributed by atoms with Crippen molar-refractivity contribution in [1.29, 1.82) is 0 Å². The zero-order valence-corrected chi connectivity index (χ0v) is 9.68. The van der Waals surface area contributed by atoms with Gasteiger partial charge in [0.05, 0.1) is 4.34 Å². The molecule has 0 amide bonds. The molecule has 14 heavy (non-hydrogen) atoms. The van der Waals surface area contributed by atoms with Crippen LogP contribution in [0.2, 0.25) is 8.67 Å². The van der Waals surface area contributed by atoms with Crippen LogP contribution in [0.3, 0.4) is 0 Å². The number of carbonyl (C=O) groups is 1. The second-order valence-corrected chi connectivity index (χ2v) is 5.00. The first-order valence-electron chi connectivity index (χ1n) is 4.06. The molecule has 0 N–H and O–H groups in total. The quantitative estimate of drug-likeness (QED) is 0.445. The van der Waals surface area contributed by atoms with Gasteiger partial charge in [-0.25, -0.2) is 0 Å². The van der Waals surface area contributed by atoms with E-state index in [4.69, 9.17) is 29.6 Å². The minimum absolute atomic E-state index is 0.00778. The van der Waals surface area contributed by atoms with E-state index in [-0.39, 0.29) is 5.78 Å². The lowest BCUT2D eigenvalue weighted by atomic mass is 10.1. The smallest absolute Gasteiger partial charge is 0.165 e. The number of rotatable bonds is 4. The summed E-state index contributed by atoms with van der Waals surface area (Å²) in [5.74, 6) is 2.49. The summed E-state index contributed by atoms with van der Waals surface area (Å²) in [4.78, 5) is 11.5. The molecule has 0 bridgehead atoms. The number of hydrogen-bond donors (Lipinski definition) is 0. The fraction of sp³-hybridized carbons (Fsp3) is 0.300. The van der Waals surface area contributed by atoms with Crippen molar-refractivity contribution >= 4 is 40.3 Å². The van der Waals surface area contributed by atoms with Crippen LogP contribution in [-0.4, -0.2) is 5.78 Å². The minimum atomic E-state index is 0.00778. The number of terminal acetylenes is 1. The molecule has 0 aliphatic heterocycles. The molecule has 0 radical (unpaired) electrons. The summed E-state index contributed by atoms with van der Waals surface area (Å²) in [5.41, 5.74) is 0.513. The van der Waals surface area contributed by atoms with E-state index >= 15 is 0 Å². The number of thiophene rings is 1. The molecule has 74 valence electrons. The van der Waals surface area contributed by atoms with Gasteiger partial charge in [-0.1, -0.05) is 23.2 Å². The highest BCUT2D eigenvalue weighted by Crippen LogP contribution is 2.32. The molecular formula is C10H8Cl2OS. The van der Waals surface area contributed by atoms with E-state index in [0.29, 0.717) is 33.5 Å². The number of carbonyl (C=O) groups excluding carboxylic acids is 1. The van der Waals surface area contributed by atoms with E-state index in [2.05, 4.69) is 5.92 Å². The Hall–Kier alpha value is -0.490. The van der Waals surface area contributed by atoms with Crippen LogP contribution in [0.15, 0.2) is 6.07 Å². The molecule has 0 aromatic carbocycles. The monoisotopic (exact) mass is 246 g/mol. The molecule has 0 aliphatic rings. The van der Waals surface area contributed by atoms with Crippen molar-refractivity contribution in [3.63, 3.8) is 0 Å². The SMILES string of the molecule is C#CCCCC(=O)c1cc(Cl)sc1Cl. The summed E-state index contributed by atoms with van der Waals surface area (Å²) in [6.07, 6.45) is 6.81. The summed E-state index contributed by atoms with van der Waals surface area (Å²) < 4.78 is 0.996. The Kier molecular flexibility index (Phi) is 4.47. The first-order chi connectivity index (χ1) is 6.65. The van der Waals surface area contributed by atoms with E-state index in [9.17, 15) is 4.79 Å². The van der Waals surface area contributed by atoms with Gasteiger partial charge < -0.3 is 0 Å². The van der Waals surface area contributed by atoms with Crippen LogP contribution in [0.25, 0.3) is 0 Å². The Morgan fingerprint density at radius 3 is 2.79 bits per heavy atom. The van der Waals surface area contributed by atoms with Gasteiger partial charge in [0.2, 0.25) is 0 Å². The predicted octanol–water partition coefficient (Wildman–Crippen LogP) is 4.04. The summed E-state index contributed by atoms with van der Waals surface area (Å²) in [6, 6.07) is 1.60. The molecule has 0 spiro atoms. The van der Waals surface area contributed by atoms with Gasteiger partial charge in [-0.05, 0) is 12.5 Å². The largest absolute Gasteiger partial charge is 0.294 e. The van der Waals surface area contributed by atoms with Crippen LogP contribution in [-0.2, 0) is 0 Å². The first-order valence-corrected chi connectivity index (χ1v) is 5.64. The molecule has 1 nitrogen and oxygen atoms in total. The van der Waals surface area contributed by atoms with Gasteiger partial charge in [0, 0.05) is 18.4 Å². The maximum atomic E-state index is 11.5. The number of halogens is 2. The number of hydrogen-bond acceptors (Lipinski definition) is 2. The normalized spacial score (nSPS) is 9.79. The highest BCUT2D eigenvalue weighted by molar-refractivity contribution is 7.20. The van der Waals surface area contributed by atoms with Crippen molar-refractivity contribution in [2.75, 3.05) is 0 Å². The average Bonchev–Trinajstić information content (AvgIpc) is 2.45. The molecule has 0 saturated carbocycles. The molecular weight excluding hydrogens is 239 g/mol. The second-order valence-electron chi connectivity index (χ2n) is 2.72. The van der Waals surface area contributed by atoms with Crippen molar-refractivity contribution < 1.29 is 4.79 Å². The molecule has 4 heteroatoms. The Morgan fingerprint density at radius 1 is 1.57 bits per heavy atom. The molecule has 0 aliphatic carbocycles. The summed E-state index contributed by atoms with van der Waals surface area (Å²) >= 11 is 12.8. The number of unbranched alkanes of at least 4 members (excludes halogenated alkanes) is 1. The highest BCUT2D eigenvalue weighted by atomic mass is 35.5. The van der Waals surface area contributed by atoms with Crippen molar-refractivity contribution in [3.05, 3.63) is 20.3 Å². The van der Waals surface area contributed by atoms with E-state index < -0.39 is 0 Å². The van der Waals surface area contributed by atoms with Crippen molar-refractivity contribution in [3.8, 4) is 12.3 Å². The number of ketones is 1. The maximum Gasteiger partial charge on any atom is 0.165 e. The molecule has 0 unspecified atom stereocenters. The molecule has 1 aromatic rings. The standard InChI is InChI=1S/C10H8Cl2OS/c1-2-3-4-5-8(13)7-6-9(11)14-10(7)12/h1,6H,3-5H2. The fourth-order valence-corrected chi connectivity index (χ4v) is 2.52. The van der Waals surface area contributed by atoms with Gasteiger partial charge in [-0.3, -0.25) is 4.79 Å². The zero-order valence-electron chi connectivity index (χ0n) is 7.35. The van der Waals surface area contributed by atoms with E-state index in [0.717, 1.165) is 0 Å². The third-order valence-electron chi connectivity index (χ3n) is 1.68. The molecule has 1 aromatic heterocycles.